The molecule has 4 heteroatoms. The molecular weight excluding hydrogens is 316 g/mol. The fraction of sp³-hybridized carbons (Fsp3) is 0.571. The maximum atomic E-state index is 12.7. The molecule has 0 aromatic heterocycles. The van der Waals surface area contributed by atoms with Crippen LogP contribution in [0.5, 0.6) is 5.75 Å². The molecule has 0 N–H and O–H groups in total. The number of ether oxygens (including phenoxy) is 3. The molecule has 1 fully saturated rings. The first-order chi connectivity index (χ1) is 11.9. The van der Waals surface area contributed by atoms with Crippen LogP contribution in [-0.2, 0) is 19.7 Å². The van der Waals surface area contributed by atoms with Gasteiger partial charge in [0.05, 0.1) is 12.0 Å². The van der Waals surface area contributed by atoms with Gasteiger partial charge in [-0.15, -0.1) is 0 Å². The molecule has 3 unspecified atom stereocenters. The molecule has 0 spiro atoms. The fourth-order valence-electron chi connectivity index (χ4n) is 3.54. The van der Waals surface area contributed by atoms with Crippen LogP contribution in [0.2, 0.25) is 0 Å². The van der Waals surface area contributed by atoms with Crippen molar-refractivity contribution in [2.75, 3.05) is 6.61 Å². The normalized spacial score (nSPS) is 26.5. The van der Waals surface area contributed by atoms with E-state index in [1.807, 2.05) is 31.2 Å². The van der Waals surface area contributed by atoms with Gasteiger partial charge in [0.2, 0.25) is 11.5 Å². The van der Waals surface area contributed by atoms with E-state index in [1.165, 1.54) is 11.8 Å². The quantitative estimate of drug-likeness (QED) is 0.813. The molecule has 3 atom stereocenters. The number of hydrogen-bond acceptors (Lipinski definition) is 4. The molecule has 25 heavy (non-hydrogen) atoms. The molecule has 4 nitrogen and oxygen atoms in total. The van der Waals surface area contributed by atoms with Gasteiger partial charge in [0, 0.05) is 13.0 Å². The van der Waals surface area contributed by atoms with Crippen LogP contribution >= 0.6 is 0 Å². The van der Waals surface area contributed by atoms with E-state index < -0.39 is 0 Å². The Kier molecular flexibility index (Phi) is 5.19. The molecule has 0 bridgehead atoms. The highest BCUT2D eigenvalue weighted by molar-refractivity contribution is 5.96. The summed E-state index contributed by atoms with van der Waals surface area (Å²) < 4.78 is 17.3. The lowest BCUT2D eigenvalue weighted by atomic mass is 9.80. The lowest BCUT2D eigenvalue weighted by Crippen LogP contribution is -2.42. The van der Waals surface area contributed by atoms with Crippen LogP contribution in [-0.4, -0.2) is 24.6 Å². The molecule has 1 aromatic rings. The molecule has 0 radical (unpaired) electrons. The van der Waals surface area contributed by atoms with Crippen molar-refractivity contribution in [2.24, 2.45) is 5.92 Å². The zero-order valence-corrected chi connectivity index (χ0v) is 15.6. The maximum absolute atomic E-state index is 12.7. The molecule has 0 saturated heterocycles. The van der Waals surface area contributed by atoms with Gasteiger partial charge in [-0.2, -0.15) is 0 Å². The van der Waals surface area contributed by atoms with Crippen molar-refractivity contribution in [3.63, 3.8) is 0 Å². The van der Waals surface area contributed by atoms with E-state index in [4.69, 9.17) is 14.2 Å². The van der Waals surface area contributed by atoms with Gasteiger partial charge in [-0.3, -0.25) is 4.79 Å². The third-order valence-corrected chi connectivity index (χ3v) is 5.02. The number of Topliss-reactive ketones (excluding diaryl/α,β-unsaturated/α-hetero) is 1. The third-order valence-electron chi connectivity index (χ3n) is 5.02. The minimum absolute atomic E-state index is 0.0473. The van der Waals surface area contributed by atoms with Crippen molar-refractivity contribution >= 4 is 5.78 Å². The Balaban J connectivity index is 1.67. The minimum atomic E-state index is -0.120. The number of carbonyl (C=O) groups excluding carboxylic acids is 1. The van der Waals surface area contributed by atoms with Crippen molar-refractivity contribution in [3.05, 3.63) is 41.9 Å². The largest absolute Gasteiger partial charge is 0.493 e. The molecule has 3 rings (SSSR count). The Morgan fingerprint density at radius 1 is 1.16 bits per heavy atom. The van der Waals surface area contributed by atoms with Gasteiger partial charge >= 0.3 is 0 Å². The van der Waals surface area contributed by atoms with Gasteiger partial charge in [-0.1, -0.05) is 32.9 Å². The molecular formula is C21H28O4. The first-order valence-corrected chi connectivity index (χ1v) is 9.18. The first-order valence-electron chi connectivity index (χ1n) is 9.18. The predicted molar refractivity (Wildman–Crippen MR) is 96.5 cm³/mol. The van der Waals surface area contributed by atoms with Crippen LogP contribution in [0.3, 0.4) is 0 Å². The fourth-order valence-corrected chi connectivity index (χ4v) is 3.54. The van der Waals surface area contributed by atoms with Gasteiger partial charge in [0.25, 0.3) is 0 Å². The molecule has 2 aliphatic rings. The summed E-state index contributed by atoms with van der Waals surface area (Å²) in [5.41, 5.74) is 1.32. The van der Waals surface area contributed by atoms with Crippen LogP contribution in [0, 0.1) is 5.92 Å². The van der Waals surface area contributed by atoms with Crippen molar-refractivity contribution < 1.29 is 19.0 Å². The molecule has 1 saturated carbocycles. The molecule has 1 aliphatic heterocycles. The van der Waals surface area contributed by atoms with E-state index in [2.05, 4.69) is 20.8 Å². The second-order valence-electron chi connectivity index (χ2n) is 7.89. The van der Waals surface area contributed by atoms with E-state index in [0.717, 1.165) is 19.3 Å². The molecule has 1 heterocycles. The Labute approximate surface area is 150 Å². The number of benzene rings is 1. The van der Waals surface area contributed by atoms with Crippen LogP contribution in [0.4, 0.5) is 0 Å². The smallest absolute Gasteiger partial charge is 0.207 e. The van der Waals surface area contributed by atoms with Crippen LogP contribution in [0.15, 0.2) is 36.3 Å². The predicted octanol–water partition coefficient (Wildman–Crippen LogP) is 4.38. The van der Waals surface area contributed by atoms with E-state index in [0.29, 0.717) is 18.1 Å². The standard InChI is InChI=1S/C21H28O4/c1-5-23-16-10-11-17-18(12-16)24-13-19(20(17)22)25-15-8-6-14(7-9-15)21(2,3)4/h6-9,13,16-18H,5,10-12H2,1-4H3. The van der Waals surface area contributed by atoms with Gasteiger partial charge in [-0.25, -0.2) is 0 Å². The maximum Gasteiger partial charge on any atom is 0.207 e. The van der Waals surface area contributed by atoms with Gasteiger partial charge in [0.1, 0.15) is 18.1 Å². The number of fused-ring (bicyclic) bond motifs is 1. The second-order valence-corrected chi connectivity index (χ2v) is 7.89. The summed E-state index contributed by atoms with van der Waals surface area (Å²) in [6.07, 6.45) is 4.05. The van der Waals surface area contributed by atoms with E-state index in [1.54, 1.807) is 0 Å². The summed E-state index contributed by atoms with van der Waals surface area (Å²) >= 11 is 0. The topological polar surface area (TPSA) is 44.8 Å². The summed E-state index contributed by atoms with van der Waals surface area (Å²) in [5.74, 6) is 0.897. The monoisotopic (exact) mass is 344 g/mol. The van der Waals surface area contributed by atoms with E-state index >= 15 is 0 Å². The van der Waals surface area contributed by atoms with Gasteiger partial charge in [0.15, 0.2) is 0 Å². The Morgan fingerprint density at radius 2 is 1.88 bits per heavy atom. The Morgan fingerprint density at radius 3 is 2.52 bits per heavy atom. The minimum Gasteiger partial charge on any atom is -0.493 e. The van der Waals surface area contributed by atoms with Crippen LogP contribution < -0.4 is 4.74 Å². The third kappa shape index (κ3) is 4.06. The van der Waals surface area contributed by atoms with E-state index in [-0.39, 0.29) is 29.3 Å². The molecule has 0 amide bonds. The molecule has 1 aromatic carbocycles. The van der Waals surface area contributed by atoms with Crippen molar-refractivity contribution in [1.29, 1.82) is 0 Å². The van der Waals surface area contributed by atoms with Crippen molar-refractivity contribution in [3.8, 4) is 5.75 Å². The first kappa shape index (κ1) is 18.0. The number of carbonyl (C=O) groups is 1. The van der Waals surface area contributed by atoms with Crippen molar-refractivity contribution in [2.45, 2.75) is 64.6 Å². The summed E-state index contributed by atoms with van der Waals surface area (Å²) in [6, 6.07) is 7.90. The van der Waals surface area contributed by atoms with Gasteiger partial charge in [-0.05, 0) is 42.9 Å². The van der Waals surface area contributed by atoms with Gasteiger partial charge < -0.3 is 14.2 Å². The number of allylic oxidation sites excluding steroid dienone is 1. The zero-order chi connectivity index (χ0) is 18.0. The number of hydrogen-bond donors (Lipinski definition) is 0. The highest BCUT2D eigenvalue weighted by atomic mass is 16.5. The highest BCUT2D eigenvalue weighted by Crippen LogP contribution is 2.35. The molecule has 136 valence electrons. The summed E-state index contributed by atoms with van der Waals surface area (Å²) in [6.45, 7) is 9.20. The second kappa shape index (κ2) is 7.20. The van der Waals surface area contributed by atoms with Crippen LogP contribution in [0.25, 0.3) is 0 Å². The summed E-state index contributed by atoms with van der Waals surface area (Å²) in [7, 11) is 0. The average molecular weight is 344 g/mol. The summed E-state index contributed by atoms with van der Waals surface area (Å²) in [5, 5.41) is 0. The lowest BCUT2D eigenvalue weighted by Gasteiger charge is -2.37. The number of rotatable bonds is 4. The van der Waals surface area contributed by atoms with E-state index in [9.17, 15) is 4.79 Å². The SMILES string of the molecule is CCOC1CCC2C(=O)C(Oc3ccc(C(C)(C)C)cc3)=COC2C1. The summed E-state index contributed by atoms with van der Waals surface area (Å²) in [4.78, 5) is 12.7. The van der Waals surface area contributed by atoms with Crippen LogP contribution in [0.1, 0.15) is 52.5 Å². The zero-order valence-electron chi connectivity index (χ0n) is 15.6. The Hall–Kier alpha value is -1.81. The average Bonchev–Trinajstić information content (AvgIpc) is 2.57. The number of ketones is 1. The van der Waals surface area contributed by atoms with Crippen molar-refractivity contribution in [1.82, 2.24) is 0 Å². The Bertz CT molecular complexity index is 639. The highest BCUT2D eigenvalue weighted by Gasteiger charge is 2.41. The molecule has 1 aliphatic carbocycles. The lowest BCUT2D eigenvalue weighted by molar-refractivity contribution is -0.133.